The van der Waals surface area contributed by atoms with Crippen LogP contribution in [0.2, 0.25) is 10.0 Å². The van der Waals surface area contributed by atoms with E-state index in [9.17, 15) is 8.78 Å². The maximum Gasteiger partial charge on any atom is 0.147 e. The molecule has 0 bridgehead atoms. The third-order valence-corrected chi connectivity index (χ3v) is 3.09. The second-order valence-electron chi connectivity index (χ2n) is 3.69. The summed E-state index contributed by atoms with van der Waals surface area (Å²) < 4.78 is 26.7. The lowest BCUT2D eigenvalue weighted by Crippen LogP contribution is -2.02. The van der Waals surface area contributed by atoms with Crippen LogP contribution in [0.3, 0.4) is 0 Å². The molecule has 94 valence electrons. The first-order valence-corrected chi connectivity index (χ1v) is 5.95. The summed E-state index contributed by atoms with van der Waals surface area (Å²) >= 11 is 11.4. The van der Waals surface area contributed by atoms with Crippen molar-refractivity contribution in [3.8, 4) is 0 Å². The number of halogens is 4. The number of rotatable bonds is 3. The van der Waals surface area contributed by atoms with E-state index in [1.165, 1.54) is 18.2 Å². The fraction of sp³-hybridized carbons (Fsp3) is 0.0769. The van der Waals surface area contributed by atoms with Crippen molar-refractivity contribution >= 4 is 28.9 Å². The predicted octanol–water partition coefficient (Wildman–Crippen LogP) is 4.88. The molecule has 0 spiro atoms. The van der Waals surface area contributed by atoms with Crippen LogP contribution in [0.4, 0.5) is 14.5 Å². The second-order valence-corrected chi connectivity index (χ2v) is 4.51. The SMILES string of the molecule is Fc1cc(Cl)ccc1NCc1cccc(F)c1Cl. The Morgan fingerprint density at radius 1 is 1.00 bits per heavy atom. The Morgan fingerprint density at radius 3 is 2.50 bits per heavy atom. The minimum absolute atomic E-state index is 0.0411. The minimum atomic E-state index is -0.493. The smallest absolute Gasteiger partial charge is 0.147 e. The Bertz CT molecular complexity index is 573. The molecule has 18 heavy (non-hydrogen) atoms. The highest BCUT2D eigenvalue weighted by atomic mass is 35.5. The molecule has 2 aromatic carbocycles. The van der Waals surface area contributed by atoms with Crippen LogP contribution in [0.15, 0.2) is 36.4 Å². The summed E-state index contributed by atoms with van der Waals surface area (Å²) in [5.74, 6) is -0.956. The van der Waals surface area contributed by atoms with Gasteiger partial charge in [0.25, 0.3) is 0 Å². The Morgan fingerprint density at radius 2 is 1.78 bits per heavy atom. The molecule has 0 atom stereocenters. The van der Waals surface area contributed by atoms with Crippen LogP contribution >= 0.6 is 23.2 Å². The van der Waals surface area contributed by atoms with Crippen LogP contribution in [-0.2, 0) is 6.54 Å². The number of anilines is 1. The molecule has 0 heterocycles. The predicted molar refractivity (Wildman–Crippen MR) is 70.1 cm³/mol. The van der Waals surface area contributed by atoms with Gasteiger partial charge in [0.15, 0.2) is 0 Å². The van der Waals surface area contributed by atoms with E-state index in [0.717, 1.165) is 0 Å². The van der Waals surface area contributed by atoms with Crippen molar-refractivity contribution < 1.29 is 8.78 Å². The lowest BCUT2D eigenvalue weighted by atomic mass is 10.2. The normalized spacial score (nSPS) is 10.4. The average molecular weight is 288 g/mol. The minimum Gasteiger partial charge on any atom is -0.379 e. The molecule has 2 rings (SSSR count). The van der Waals surface area contributed by atoms with E-state index < -0.39 is 11.6 Å². The highest BCUT2D eigenvalue weighted by Crippen LogP contribution is 2.23. The molecule has 0 aliphatic rings. The van der Waals surface area contributed by atoms with E-state index in [1.54, 1.807) is 18.2 Å². The van der Waals surface area contributed by atoms with Gasteiger partial charge in [0, 0.05) is 11.6 Å². The first-order chi connectivity index (χ1) is 8.58. The van der Waals surface area contributed by atoms with Crippen LogP contribution in [-0.4, -0.2) is 0 Å². The van der Waals surface area contributed by atoms with Gasteiger partial charge < -0.3 is 5.32 Å². The van der Waals surface area contributed by atoms with E-state index >= 15 is 0 Å². The van der Waals surface area contributed by atoms with Crippen LogP contribution in [0.1, 0.15) is 5.56 Å². The van der Waals surface area contributed by atoms with Crippen LogP contribution in [0, 0.1) is 11.6 Å². The van der Waals surface area contributed by atoms with E-state index in [2.05, 4.69) is 5.32 Å². The van der Waals surface area contributed by atoms with Crippen molar-refractivity contribution in [2.45, 2.75) is 6.54 Å². The summed E-state index contributed by atoms with van der Waals surface area (Å²) in [6.07, 6.45) is 0. The molecule has 5 heteroatoms. The molecule has 0 radical (unpaired) electrons. The van der Waals surface area contributed by atoms with Crippen LogP contribution < -0.4 is 5.32 Å². The van der Waals surface area contributed by atoms with Gasteiger partial charge in [-0.05, 0) is 29.8 Å². The van der Waals surface area contributed by atoms with Gasteiger partial charge in [-0.2, -0.15) is 0 Å². The summed E-state index contributed by atoms with van der Waals surface area (Å²) in [5.41, 5.74) is 0.853. The van der Waals surface area contributed by atoms with Gasteiger partial charge in [0.1, 0.15) is 11.6 Å². The zero-order valence-corrected chi connectivity index (χ0v) is 10.7. The molecular weight excluding hydrogens is 279 g/mol. The maximum absolute atomic E-state index is 13.5. The number of nitrogens with one attached hydrogen (secondary N) is 1. The Balaban J connectivity index is 2.14. The first-order valence-electron chi connectivity index (χ1n) is 5.20. The topological polar surface area (TPSA) is 12.0 Å². The molecule has 0 unspecified atom stereocenters. The summed E-state index contributed by atoms with van der Waals surface area (Å²) in [4.78, 5) is 0. The Labute approximate surface area is 113 Å². The molecule has 0 aliphatic heterocycles. The van der Waals surface area contributed by atoms with Crippen LogP contribution in [0.25, 0.3) is 0 Å². The summed E-state index contributed by atoms with van der Waals surface area (Å²) in [5, 5.41) is 3.20. The van der Waals surface area contributed by atoms with Gasteiger partial charge in [-0.15, -0.1) is 0 Å². The molecule has 1 N–H and O–H groups in total. The Kier molecular flexibility index (Phi) is 4.04. The van der Waals surface area contributed by atoms with Gasteiger partial charge in [0.2, 0.25) is 0 Å². The van der Waals surface area contributed by atoms with E-state index in [-0.39, 0.29) is 11.6 Å². The zero-order chi connectivity index (χ0) is 13.1. The van der Waals surface area contributed by atoms with E-state index in [0.29, 0.717) is 16.3 Å². The van der Waals surface area contributed by atoms with Crippen molar-refractivity contribution in [1.82, 2.24) is 0 Å². The van der Waals surface area contributed by atoms with Gasteiger partial charge in [-0.3, -0.25) is 0 Å². The summed E-state index contributed by atoms with van der Waals surface area (Å²) in [7, 11) is 0. The van der Waals surface area contributed by atoms with Crippen LogP contribution in [0.5, 0.6) is 0 Å². The van der Waals surface area contributed by atoms with Crippen molar-refractivity contribution in [2.75, 3.05) is 5.32 Å². The molecule has 2 aromatic rings. The van der Waals surface area contributed by atoms with Gasteiger partial charge in [0.05, 0.1) is 10.7 Å². The quantitative estimate of drug-likeness (QED) is 0.848. The second kappa shape index (κ2) is 5.55. The molecule has 0 fully saturated rings. The largest absolute Gasteiger partial charge is 0.379 e. The molecule has 0 aromatic heterocycles. The number of benzene rings is 2. The van der Waals surface area contributed by atoms with Gasteiger partial charge in [-0.1, -0.05) is 35.3 Å². The molecule has 0 saturated carbocycles. The van der Waals surface area contributed by atoms with Crippen molar-refractivity contribution in [1.29, 1.82) is 0 Å². The molecule has 0 saturated heterocycles. The monoisotopic (exact) mass is 287 g/mol. The standard InChI is InChI=1S/C13H9Cl2F2N/c14-9-4-5-12(11(17)6-9)18-7-8-2-1-3-10(16)13(8)15/h1-6,18H,7H2. The van der Waals surface area contributed by atoms with Crippen molar-refractivity contribution in [3.05, 3.63) is 63.6 Å². The third kappa shape index (κ3) is 2.92. The number of hydrogen-bond donors (Lipinski definition) is 1. The van der Waals surface area contributed by atoms with Crippen molar-refractivity contribution in [2.24, 2.45) is 0 Å². The van der Waals surface area contributed by atoms with Gasteiger partial charge in [-0.25, -0.2) is 8.78 Å². The highest BCUT2D eigenvalue weighted by Gasteiger charge is 2.07. The van der Waals surface area contributed by atoms with E-state index in [4.69, 9.17) is 23.2 Å². The van der Waals surface area contributed by atoms with E-state index in [1.807, 2.05) is 0 Å². The Hall–Kier alpha value is -1.32. The molecule has 0 aliphatic carbocycles. The summed E-state index contributed by atoms with van der Waals surface area (Å²) in [6.45, 7) is 0.231. The fourth-order valence-corrected chi connectivity index (χ4v) is 1.86. The fourth-order valence-electron chi connectivity index (χ4n) is 1.51. The first kappa shape index (κ1) is 13.1. The molecular formula is C13H9Cl2F2N. The maximum atomic E-state index is 13.5. The lowest BCUT2D eigenvalue weighted by Gasteiger charge is -2.09. The third-order valence-electron chi connectivity index (χ3n) is 2.43. The molecule has 0 amide bonds. The molecule has 1 nitrogen and oxygen atoms in total. The van der Waals surface area contributed by atoms with Crippen molar-refractivity contribution in [3.63, 3.8) is 0 Å². The lowest BCUT2D eigenvalue weighted by molar-refractivity contribution is 0.625. The zero-order valence-electron chi connectivity index (χ0n) is 9.18. The number of hydrogen-bond acceptors (Lipinski definition) is 1. The highest BCUT2D eigenvalue weighted by molar-refractivity contribution is 6.31. The average Bonchev–Trinajstić information content (AvgIpc) is 2.33. The summed E-state index contributed by atoms with van der Waals surface area (Å²) in [6, 6.07) is 8.79. The van der Waals surface area contributed by atoms with Gasteiger partial charge >= 0.3 is 0 Å².